The van der Waals surface area contributed by atoms with Crippen molar-refractivity contribution in [2.45, 2.75) is 45.0 Å². The fraction of sp³-hybridized carbons (Fsp3) is 0.889. The van der Waals surface area contributed by atoms with Gasteiger partial charge in [0.2, 0.25) is 0 Å². The average Bonchev–Trinajstić information content (AvgIpc) is 2.15. The van der Waals surface area contributed by atoms with Gasteiger partial charge in [-0.3, -0.25) is 4.79 Å². The van der Waals surface area contributed by atoms with E-state index < -0.39 is 24.7 Å². The maximum Gasteiger partial charge on any atom is 0.282 e. The minimum absolute atomic E-state index is 0.188. The molecule has 0 rings (SSSR count). The molecule has 0 heterocycles. The number of hydrogen-bond acceptors (Lipinski definition) is 2. The van der Waals surface area contributed by atoms with Gasteiger partial charge in [0.25, 0.3) is 5.92 Å². The molecule has 0 bridgehead atoms. The van der Waals surface area contributed by atoms with E-state index in [1.165, 1.54) is 0 Å². The van der Waals surface area contributed by atoms with Crippen LogP contribution in [0.5, 0.6) is 0 Å². The van der Waals surface area contributed by atoms with Crippen LogP contribution in [0.25, 0.3) is 0 Å². The lowest BCUT2D eigenvalue weighted by Crippen LogP contribution is -2.36. The second-order valence-electron chi connectivity index (χ2n) is 3.16. The molecule has 6 heteroatoms. The first-order valence-corrected chi connectivity index (χ1v) is 5.61. The Balaban J connectivity index is 3.98. The Morgan fingerprint density at radius 2 is 1.93 bits per heavy atom. The summed E-state index contributed by atoms with van der Waals surface area (Å²) in [6.07, 6.45) is -5.57. The van der Waals surface area contributed by atoms with Crippen LogP contribution in [0.2, 0.25) is 0 Å². The van der Waals surface area contributed by atoms with Gasteiger partial charge < -0.3 is 0 Å². The van der Waals surface area contributed by atoms with E-state index in [1.807, 2.05) is 0 Å². The van der Waals surface area contributed by atoms with Crippen molar-refractivity contribution in [2.75, 3.05) is 5.75 Å². The van der Waals surface area contributed by atoms with Gasteiger partial charge in [0.05, 0.1) is 0 Å². The zero-order chi connectivity index (χ0) is 12.1. The monoisotopic (exact) mass is 246 g/mol. The number of halogens is 4. The molecule has 90 valence electrons. The Morgan fingerprint density at radius 1 is 1.40 bits per heavy atom. The van der Waals surface area contributed by atoms with E-state index in [9.17, 15) is 22.4 Å². The van der Waals surface area contributed by atoms with Crippen molar-refractivity contribution in [1.82, 2.24) is 0 Å². The number of thioether (sulfide) groups is 1. The van der Waals surface area contributed by atoms with Crippen LogP contribution in [0.15, 0.2) is 0 Å². The first kappa shape index (κ1) is 14.7. The lowest BCUT2D eigenvalue weighted by molar-refractivity contribution is -0.110. The fourth-order valence-corrected chi connectivity index (χ4v) is 1.68. The van der Waals surface area contributed by atoms with Gasteiger partial charge in [0.1, 0.15) is 6.17 Å². The third-order valence-corrected chi connectivity index (χ3v) is 2.81. The highest BCUT2D eigenvalue weighted by atomic mass is 32.2. The summed E-state index contributed by atoms with van der Waals surface area (Å²) in [5, 5.41) is -0.227. The van der Waals surface area contributed by atoms with Crippen molar-refractivity contribution in [2.24, 2.45) is 0 Å². The van der Waals surface area contributed by atoms with E-state index in [-0.39, 0.29) is 17.3 Å². The summed E-state index contributed by atoms with van der Waals surface area (Å²) in [5.41, 5.74) is 0. The summed E-state index contributed by atoms with van der Waals surface area (Å²) in [7, 11) is 0. The Labute approximate surface area is 90.6 Å². The van der Waals surface area contributed by atoms with Gasteiger partial charge in [-0.1, -0.05) is 18.7 Å². The Kier molecular flexibility index (Phi) is 6.24. The van der Waals surface area contributed by atoms with Crippen molar-refractivity contribution >= 4 is 16.9 Å². The lowest BCUT2D eigenvalue weighted by Gasteiger charge is -2.21. The highest BCUT2D eigenvalue weighted by Crippen LogP contribution is 2.30. The molecule has 0 radical (unpaired) electrons. The van der Waals surface area contributed by atoms with Crippen molar-refractivity contribution < 1.29 is 22.4 Å². The van der Waals surface area contributed by atoms with Crippen LogP contribution in [0.4, 0.5) is 17.6 Å². The molecule has 0 saturated carbocycles. The normalized spacial score (nSPS) is 16.1. The highest BCUT2D eigenvalue weighted by molar-refractivity contribution is 8.13. The SMILES string of the molecule is CCC(=O)SCCC(F)(F)C(F)C(C)F. The fourth-order valence-electron chi connectivity index (χ4n) is 0.877. The molecule has 0 amide bonds. The molecule has 0 aromatic rings. The number of rotatable bonds is 6. The van der Waals surface area contributed by atoms with Crippen molar-refractivity contribution in [3.8, 4) is 0 Å². The van der Waals surface area contributed by atoms with Gasteiger partial charge in [-0.25, -0.2) is 17.6 Å². The maximum absolute atomic E-state index is 12.9. The van der Waals surface area contributed by atoms with Gasteiger partial charge in [-0.15, -0.1) is 0 Å². The quantitative estimate of drug-likeness (QED) is 0.668. The third-order valence-electron chi connectivity index (χ3n) is 1.79. The van der Waals surface area contributed by atoms with E-state index in [0.717, 1.165) is 18.7 Å². The minimum Gasteiger partial charge on any atom is -0.287 e. The summed E-state index contributed by atoms with van der Waals surface area (Å²) >= 11 is 0.724. The average molecular weight is 246 g/mol. The largest absolute Gasteiger partial charge is 0.287 e. The molecule has 0 aromatic carbocycles. The first-order chi connectivity index (χ1) is 6.81. The lowest BCUT2D eigenvalue weighted by atomic mass is 10.1. The molecule has 0 aliphatic rings. The van der Waals surface area contributed by atoms with E-state index in [1.54, 1.807) is 6.92 Å². The molecule has 15 heavy (non-hydrogen) atoms. The van der Waals surface area contributed by atoms with Gasteiger partial charge in [-0.2, -0.15) is 0 Å². The Hall–Kier alpha value is -0.260. The standard InChI is InChI=1S/C9H14F4OS/c1-3-7(14)15-5-4-9(12,13)8(11)6(2)10/h6,8H,3-5H2,1-2H3. The molecule has 1 nitrogen and oxygen atoms in total. The van der Waals surface area contributed by atoms with Crippen LogP contribution in [-0.2, 0) is 4.79 Å². The summed E-state index contributed by atoms with van der Waals surface area (Å²) < 4.78 is 50.8. The summed E-state index contributed by atoms with van der Waals surface area (Å²) in [6, 6.07) is 0. The highest BCUT2D eigenvalue weighted by Gasteiger charge is 2.43. The number of hydrogen-bond donors (Lipinski definition) is 0. The topological polar surface area (TPSA) is 17.1 Å². The molecule has 0 aromatic heterocycles. The molecular weight excluding hydrogens is 232 g/mol. The van der Waals surface area contributed by atoms with Gasteiger partial charge >= 0.3 is 0 Å². The third kappa shape index (κ3) is 5.39. The number of alkyl halides is 4. The van der Waals surface area contributed by atoms with Crippen molar-refractivity contribution in [3.63, 3.8) is 0 Å². The van der Waals surface area contributed by atoms with Crippen LogP contribution >= 0.6 is 11.8 Å². The van der Waals surface area contributed by atoms with E-state index in [2.05, 4.69) is 0 Å². The van der Waals surface area contributed by atoms with Crippen molar-refractivity contribution in [3.05, 3.63) is 0 Å². The molecule has 2 atom stereocenters. The van der Waals surface area contributed by atoms with Crippen molar-refractivity contribution in [1.29, 1.82) is 0 Å². The maximum atomic E-state index is 12.9. The van der Waals surface area contributed by atoms with E-state index in [4.69, 9.17) is 0 Å². The zero-order valence-electron chi connectivity index (χ0n) is 8.60. The van der Waals surface area contributed by atoms with Crippen LogP contribution < -0.4 is 0 Å². The van der Waals surface area contributed by atoms with Crippen LogP contribution in [0.3, 0.4) is 0 Å². The summed E-state index contributed by atoms with van der Waals surface area (Å²) in [4.78, 5) is 10.8. The molecule has 0 saturated heterocycles. The summed E-state index contributed by atoms with van der Waals surface area (Å²) in [5.74, 6) is -3.89. The van der Waals surface area contributed by atoms with E-state index >= 15 is 0 Å². The molecule has 0 N–H and O–H groups in total. The van der Waals surface area contributed by atoms with E-state index in [0.29, 0.717) is 0 Å². The van der Waals surface area contributed by atoms with Gasteiger partial charge in [0, 0.05) is 18.6 Å². The molecule has 0 fully saturated rings. The second-order valence-corrected chi connectivity index (χ2v) is 4.32. The van der Waals surface area contributed by atoms with Crippen LogP contribution in [-0.4, -0.2) is 29.1 Å². The van der Waals surface area contributed by atoms with Gasteiger partial charge in [-0.05, 0) is 6.92 Å². The zero-order valence-corrected chi connectivity index (χ0v) is 9.42. The summed E-state index contributed by atoms with van der Waals surface area (Å²) in [6.45, 7) is 2.36. The second kappa shape index (κ2) is 6.35. The Morgan fingerprint density at radius 3 is 2.33 bits per heavy atom. The molecule has 0 aliphatic carbocycles. The number of carbonyl (C=O) groups is 1. The van der Waals surface area contributed by atoms with Crippen LogP contribution in [0, 0.1) is 0 Å². The van der Waals surface area contributed by atoms with Crippen LogP contribution in [0.1, 0.15) is 26.7 Å². The van der Waals surface area contributed by atoms with Gasteiger partial charge in [0.15, 0.2) is 11.3 Å². The molecule has 0 spiro atoms. The molecule has 2 unspecified atom stereocenters. The first-order valence-electron chi connectivity index (χ1n) is 4.62. The smallest absolute Gasteiger partial charge is 0.282 e. The minimum atomic E-state index is -3.70. The predicted molar refractivity (Wildman–Crippen MR) is 52.8 cm³/mol. The molecular formula is C9H14F4OS. The predicted octanol–water partition coefficient (Wildman–Crippen LogP) is 3.38. The molecule has 0 aliphatic heterocycles. The number of carbonyl (C=O) groups excluding carboxylic acids is 1. The Bertz CT molecular complexity index is 208.